The monoisotopic (exact) mass is 556 g/mol. The van der Waals surface area contributed by atoms with Crippen LogP contribution in [0.4, 0.5) is 4.79 Å². The molecule has 180 valence electrons. The number of aliphatic carboxylic acids is 1. The molecule has 9 heteroatoms. The van der Waals surface area contributed by atoms with Crippen molar-refractivity contribution in [3.05, 3.63) is 92.9 Å². The number of hydrogen-bond acceptors (Lipinski definition) is 4. The second kappa shape index (κ2) is 10.9. The number of carboxylic acids is 1. The molecule has 0 saturated heterocycles. The third kappa shape index (κ3) is 6.01. The van der Waals surface area contributed by atoms with Crippen molar-refractivity contribution in [2.45, 2.75) is 24.9 Å². The number of alkyl carbamates (subject to hydrolysis) is 1. The molecule has 7 nitrogen and oxygen atoms in total. The molecule has 2 amide bonds. The number of benzene rings is 3. The van der Waals surface area contributed by atoms with E-state index in [1.165, 1.54) is 0 Å². The van der Waals surface area contributed by atoms with Crippen LogP contribution in [0.2, 0.25) is 5.02 Å². The van der Waals surface area contributed by atoms with Crippen molar-refractivity contribution in [2.75, 3.05) is 6.61 Å². The lowest BCUT2D eigenvalue weighted by Gasteiger charge is -2.19. The lowest BCUT2D eigenvalue weighted by molar-refractivity contribution is -0.139. The highest BCUT2D eigenvalue weighted by atomic mass is 79.9. The third-order valence-electron chi connectivity index (χ3n) is 5.72. The summed E-state index contributed by atoms with van der Waals surface area (Å²) in [6.45, 7) is 0.165. The van der Waals surface area contributed by atoms with Crippen LogP contribution < -0.4 is 10.6 Å². The van der Waals surface area contributed by atoms with Crippen LogP contribution in [-0.4, -0.2) is 35.7 Å². The van der Waals surface area contributed by atoms with Crippen LogP contribution in [0.1, 0.15) is 29.0 Å². The highest BCUT2D eigenvalue weighted by Crippen LogP contribution is 2.44. The van der Waals surface area contributed by atoms with Gasteiger partial charge in [0.15, 0.2) is 0 Å². The zero-order chi connectivity index (χ0) is 24.9. The first-order valence-corrected chi connectivity index (χ1v) is 12.0. The summed E-state index contributed by atoms with van der Waals surface area (Å²) in [5.74, 6) is -2.02. The number of halogens is 2. The molecule has 1 unspecified atom stereocenters. The molecule has 0 heterocycles. The second-order valence-corrected chi connectivity index (χ2v) is 9.47. The van der Waals surface area contributed by atoms with Gasteiger partial charge < -0.3 is 20.5 Å². The van der Waals surface area contributed by atoms with E-state index in [0.717, 1.165) is 26.7 Å². The maximum atomic E-state index is 12.7. The first kappa shape index (κ1) is 24.8. The summed E-state index contributed by atoms with van der Waals surface area (Å²) in [7, 11) is 0. The molecule has 0 spiro atoms. The largest absolute Gasteiger partial charge is 0.481 e. The zero-order valence-corrected chi connectivity index (χ0v) is 20.8. The number of fused-ring (bicyclic) bond motifs is 3. The Kier molecular flexibility index (Phi) is 7.73. The average Bonchev–Trinajstić information content (AvgIpc) is 3.13. The van der Waals surface area contributed by atoms with E-state index in [9.17, 15) is 19.5 Å². The molecule has 0 bridgehead atoms. The Morgan fingerprint density at radius 2 is 1.63 bits per heavy atom. The van der Waals surface area contributed by atoms with Crippen molar-refractivity contribution in [2.24, 2.45) is 0 Å². The van der Waals surface area contributed by atoms with Gasteiger partial charge >= 0.3 is 12.1 Å². The Labute approximate surface area is 215 Å². The molecule has 4 rings (SSSR count). The first-order chi connectivity index (χ1) is 16.8. The Hall–Kier alpha value is -3.36. The molecule has 3 N–H and O–H groups in total. The summed E-state index contributed by atoms with van der Waals surface area (Å²) < 4.78 is 6.19. The number of hydrogen-bond donors (Lipinski definition) is 3. The van der Waals surface area contributed by atoms with Crippen molar-refractivity contribution >= 4 is 45.5 Å². The summed E-state index contributed by atoms with van der Waals surface area (Å²) >= 11 is 9.35. The van der Waals surface area contributed by atoms with Crippen LogP contribution in [-0.2, 0) is 20.9 Å². The Bertz CT molecular complexity index is 1220. The molecule has 0 aromatic heterocycles. The standard InChI is InChI=1S/C26H22BrClN2O5/c27-16-9-15(10-17(28)11-16)13-29-25(33)23(12-24(31)32)30-26(34)35-14-22-20-7-3-1-5-18(20)19-6-2-4-8-21(19)22/h1-11,22-23H,12-14H2,(H,29,33)(H,30,34)(H,31,32). The van der Waals surface area contributed by atoms with Gasteiger partial charge in [-0.3, -0.25) is 9.59 Å². The van der Waals surface area contributed by atoms with Gasteiger partial charge in [0.25, 0.3) is 0 Å². The van der Waals surface area contributed by atoms with Crippen LogP contribution >= 0.6 is 27.5 Å². The molecule has 0 fully saturated rings. The van der Waals surface area contributed by atoms with Crippen molar-refractivity contribution in [3.63, 3.8) is 0 Å². The van der Waals surface area contributed by atoms with Gasteiger partial charge in [-0.1, -0.05) is 76.1 Å². The Balaban J connectivity index is 1.39. The van der Waals surface area contributed by atoms with Crippen LogP contribution in [0.25, 0.3) is 11.1 Å². The van der Waals surface area contributed by atoms with E-state index >= 15 is 0 Å². The van der Waals surface area contributed by atoms with Gasteiger partial charge in [0.05, 0.1) is 6.42 Å². The predicted molar refractivity (Wildman–Crippen MR) is 135 cm³/mol. The van der Waals surface area contributed by atoms with Gasteiger partial charge in [-0.25, -0.2) is 4.79 Å². The van der Waals surface area contributed by atoms with Gasteiger partial charge in [0.1, 0.15) is 12.6 Å². The van der Waals surface area contributed by atoms with Crippen molar-refractivity contribution in [1.29, 1.82) is 0 Å². The topological polar surface area (TPSA) is 105 Å². The minimum Gasteiger partial charge on any atom is -0.481 e. The Morgan fingerprint density at radius 1 is 1.00 bits per heavy atom. The van der Waals surface area contributed by atoms with Gasteiger partial charge in [-0.15, -0.1) is 0 Å². The fraction of sp³-hybridized carbons (Fsp3) is 0.192. The lowest BCUT2D eigenvalue weighted by Crippen LogP contribution is -2.48. The number of carboxylic acid groups (broad SMARTS) is 1. The van der Waals surface area contributed by atoms with Gasteiger partial charge in [-0.05, 0) is 46.0 Å². The number of carbonyl (C=O) groups excluding carboxylic acids is 2. The van der Waals surface area contributed by atoms with E-state index in [4.69, 9.17) is 16.3 Å². The lowest BCUT2D eigenvalue weighted by atomic mass is 9.98. The van der Waals surface area contributed by atoms with E-state index < -0.39 is 30.4 Å². The molecule has 3 aromatic carbocycles. The van der Waals surface area contributed by atoms with Gasteiger partial charge in [-0.2, -0.15) is 0 Å². The molecule has 1 aliphatic rings. The van der Waals surface area contributed by atoms with Crippen molar-refractivity contribution < 1.29 is 24.2 Å². The highest BCUT2D eigenvalue weighted by Gasteiger charge is 2.30. The summed E-state index contributed by atoms with van der Waals surface area (Å²) in [6.07, 6.45) is -1.45. The number of carbonyl (C=O) groups is 3. The summed E-state index contributed by atoms with van der Waals surface area (Å²) in [5, 5.41) is 14.7. The highest BCUT2D eigenvalue weighted by molar-refractivity contribution is 9.10. The maximum Gasteiger partial charge on any atom is 0.407 e. The molecule has 0 saturated carbocycles. The van der Waals surface area contributed by atoms with E-state index in [1.807, 2.05) is 48.5 Å². The van der Waals surface area contributed by atoms with Crippen molar-refractivity contribution in [3.8, 4) is 11.1 Å². The van der Waals surface area contributed by atoms with E-state index in [-0.39, 0.29) is 19.1 Å². The summed E-state index contributed by atoms with van der Waals surface area (Å²) in [5.41, 5.74) is 5.00. The molecular formula is C26H22BrClN2O5. The number of nitrogens with one attached hydrogen (secondary N) is 2. The average molecular weight is 558 g/mol. The van der Waals surface area contributed by atoms with Crippen molar-refractivity contribution in [1.82, 2.24) is 10.6 Å². The Morgan fingerprint density at radius 3 is 2.23 bits per heavy atom. The van der Waals surface area contributed by atoms with Crippen LogP contribution in [0.3, 0.4) is 0 Å². The number of amides is 2. The molecular weight excluding hydrogens is 536 g/mol. The third-order valence-corrected chi connectivity index (χ3v) is 6.40. The zero-order valence-electron chi connectivity index (χ0n) is 18.5. The van der Waals surface area contributed by atoms with Crippen LogP contribution in [0.5, 0.6) is 0 Å². The first-order valence-electron chi connectivity index (χ1n) is 10.9. The van der Waals surface area contributed by atoms with Crippen LogP contribution in [0, 0.1) is 0 Å². The smallest absolute Gasteiger partial charge is 0.407 e. The summed E-state index contributed by atoms with van der Waals surface area (Å²) in [4.78, 5) is 36.5. The normalized spacial score (nSPS) is 12.9. The van der Waals surface area contributed by atoms with Crippen LogP contribution in [0.15, 0.2) is 71.2 Å². The minimum absolute atomic E-state index is 0.0534. The van der Waals surface area contributed by atoms with E-state index in [1.54, 1.807) is 18.2 Å². The van der Waals surface area contributed by atoms with Gasteiger partial charge in [0, 0.05) is 22.0 Å². The van der Waals surface area contributed by atoms with E-state index in [0.29, 0.717) is 10.6 Å². The molecule has 0 aliphatic heterocycles. The molecule has 1 aliphatic carbocycles. The summed E-state index contributed by atoms with van der Waals surface area (Å²) in [6, 6.07) is 19.7. The quantitative estimate of drug-likeness (QED) is 0.357. The predicted octanol–water partition coefficient (Wildman–Crippen LogP) is 5.10. The maximum absolute atomic E-state index is 12.7. The van der Waals surface area contributed by atoms with E-state index in [2.05, 4.69) is 26.6 Å². The minimum atomic E-state index is -1.30. The second-order valence-electron chi connectivity index (χ2n) is 8.12. The fourth-order valence-electron chi connectivity index (χ4n) is 4.19. The molecule has 1 atom stereocenters. The fourth-order valence-corrected chi connectivity index (χ4v) is 5.12. The van der Waals surface area contributed by atoms with Gasteiger partial charge in [0.2, 0.25) is 5.91 Å². The molecule has 3 aromatic rings. The molecule has 35 heavy (non-hydrogen) atoms. The molecule has 0 radical (unpaired) electrons. The SMILES string of the molecule is O=C(O)CC(NC(=O)OCC1c2ccccc2-c2ccccc21)C(=O)NCc1cc(Cl)cc(Br)c1. The number of ether oxygens (including phenoxy) is 1. The number of rotatable bonds is 8.